The molecule has 0 atom stereocenters. The van der Waals surface area contributed by atoms with E-state index < -0.39 is 11.7 Å². The lowest BCUT2D eigenvalue weighted by Gasteiger charge is -2.08. The molecule has 0 amide bonds. The van der Waals surface area contributed by atoms with Crippen LogP contribution in [0.5, 0.6) is 0 Å². The molecule has 0 aliphatic heterocycles. The average molecular weight is 212 g/mol. The van der Waals surface area contributed by atoms with Crippen LogP contribution in [0.4, 0.5) is 13.2 Å². The number of hydrogen-bond donors (Lipinski definition) is 1. The van der Waals surface area contributed by atoms with Gasteiger partial charge in [0.2, 0.25) is 0 Å². The topological polar surface area (TPSA) is 49.8 Å². The minimum atomic E-state index is -4.40. The van der Waals surface area contributed by atoms with Gasteiger partial charge in [0.25, 0.3) is 0 Å². The summed E-state index contributed by atoms with van der Waals surface area (Å²) in [6.07, 6.45) is -3.40. The molecule has 2 N–H and O–H groups in total. The number of benzene rings is 1. The van der Waals surface area contributed by atoms with E-state index in [0.717, 1.165) is 18.2 Å². The molecule has 0 bridgehead atoms. The lowest BCUT2D eigenvalue weighted by atomic mass is 10.1. The van der Waals surface area contributed by atoms with Gasteiger partial charge in [-0.05, 0) is 17.7 Å². The molecule has 1 rings (SSSR count). The molecule has 2 nitrogen and oxygen atoms in total. The molecule has 15 heavy (non-hydrogen) atoms. The van der Waals surface area contributed by atoms with Crippen molar-refractivity contribution in [2.45, 2.75) is 6.18 Å². The van der Waals surface area contributed by atoms with Gasteiger partial charge in [-0.2, -0.15) is 18.4 Å². The third-order valence-electron chi connectivity index (χ3n) is 1.74. The van der Waals surface area contributed by atoms with E-state index in [-0.39, 0.29) is 11.3 Å². The summed E-state index contributed by atoms with van der Waals surface area (Å²) in [7, 11) is 0. The number of nitriles is 1. The van der Waals surface area contributed by atoms with Gasteiger partial charge in [0.05, 0.1) is 11.6 Å². The second-order valence-corrected chi connectivity index (χ2v) is 2.81. The summed E-state index contributed by atoms with van der Waals surface area (Å²) < 4.78 is 36.9. The Balaban J connectivity index is 3.15. The lowest BCUT2D eigenvalue weighted by Crippen LogP contribution is -2.06. The summed E-state index contributed by atoms with van der Waals surface area (Å²) >= 11 is 0. The zero-order valence-corrected chi connectivity index (χ0v) is 7.55. The van der Waals surface area contributed by atoms with Gasteiger partial charge in [-0.3, -0.25) is 0 Å². The molecule has 0 aliphatic rings. The van der Waals surface area contributed by atoms with Crippen LogP contribution in [0.3, 0.4) is 0 Å². The Hall–Kier alpha value is -1.96. The third-order valence-corrected chi connectivity index (χ3v) is 1.74. The van der Waals surface area contributed by atoms with Gasteiger partial charge in [-0.15, -0.1) is 0 Å². The zero-order chi connectivity index (χ0) is 11.5. The second-order valence-electron chi connectivity index (χ2n) is 2.81. The van der Waals surface area contributed by atoms with E-state index in [2.05, 4.69) is 0 Å². The summed E-state index contributed by atoms with van der Waals surface area (Å²) in [6.45, 7) is 0. The highest BCUT2D eigenvalue weighted by Crippen LogP contribution is 2.30. The minimum Gasteiger partial charge on any atom is -0.398 e. The number of alkyl halides is 3. The standard InChI is InChI=1S/C10H7F3N2/c11-10(12,13)8-3-1-2-7(6-8)9(15)4-5-14/h1-4,6H,15H2/b9-4+. The van der Waals surface area contributed by atoms with Crippen LogP contribution in [0, 0.1) is 11.3 Å². The molecular formula is C10H7F3N2. The van der Waals surface area contributed by atoms with Gasteiger partial charge in [0.1, 0.15) is 0 Å². The van der Waals surface area contributed by atoms with Gasteiger partial charge >= 0.3 is 6.18 Å². The SMILES string of the molecule is N#C/C=C(/N)c1cccc(C(F)(F)F)c1. The molecule has 0 aromatic heterocycles. The molecular weight excluding hydrogens is 205 g/mol. The van der Waals surface area contributed by atoms with Crippen LogP contribution >= 0.6 is 0 Å². The fraction of sp³-hybridized carbons (Fsp3) is 0.100. The first-order chi connectivity index (χ1) is 6.95. The minimum absolute atomic E-state index is 0.0172. The molecule has 0 unspecified atom stereocenters. The van der Waals surface area contributed by atoms with E-state index >= 15 is 0 Å². The number of halogens is 3. The molecule has 0 radical (unpaired) electrons. The van der Waals surface area contributed by atoms with E-state index in [1.54, 1.807) is 6.07 Å². The Kier molecular flexibility index (Phi) is 3.00. The van der Waals surface area contributed by atoms with E-state index in [4.69, 9.17) is 11.0 Å². The highest BCUT2D eigenvalue weighted by atomic mass is 19.4. The van der Waals surface area contributed by atoms with Crippen molar-refractivity contribution in [2.75, 3.05) is 0 Å². The maximum absolute atomic E-state index is 12.3. The van der Waals surface area contributed by atoms with Gasteiger partial charge in [-0.25, -0.2) is 0 Å². The monoisotopic (exact) mass is 212 g/mol. The van der Waals surface area contributed by atoms with E-state index in [0.29, 0.717) is 0 Å². The average Bonchev–Trinajstić information content (AvgIpc) is 2.17. The molecule has 0 saturated carbocycles. The highest BCUT2D eigenvalue weighted by Gasteiger charge is 2.30. The van der Waals surface area contributed by atoms with Gasteiger partial charge < -0.3 is 5.73 Å². The van der Waals surface area contributed by atoms with Gasteiger partial charge in [-0.1, -0.05) is 12.1 Å². The zero-order valence-electron chi connectivity index (χ0n) is 7.55. The lowest BCUT2D eigenvalue weighted by molar-refractivity contribution is -0.137. The fourth-order valence-corrected chi connectivity index (χ4v) is 1.03. The van der Waals surface area contributed by atoms with Crippen molar-refractivity contribution in [3.05, 3.63) is 41.5 Å². The van der Waals surface area contributed by atoms with Crippen LogP contribution in [0.15, 0.2) is 30.3 Å². The van der Waals surface area contributed by atoms with Crippen LogP contribution in [0.2, 0.25) is 0 Å². The van der Waals surface area contributed by atoms with Crippen LogP contribution in [0.1, 0.15) is 11.1 Å². The van der Waals surface area contributed by atoms with Crippen molar-refractivity contribution in [1.29, 1.82) is 5.26 Å². The molecule has 0 heterocycles. The number of allylic oxidation sites excluding steroid dienone is 1. The van der Waals surface area contributed by atoms with Crippen molar-refractivity contribution in [3.63, 3.8) is 0 Å². The maximum atomic E-state index is 12.3. The second kappa shape index (κ2) is 4.05. The molecule has 1 aromatic rings. The first kappa shape index (κ1) is 11.1. The predicted molar refractivity (Wildman–Crippen MR) is 49.2 cm³/mol. The van der Waals surface area contributed by atoms with E-state index in [1.807, 2.05) is 0 Å². The first-order valence-corrected chi connectivity index (χ1v) is 3.98. The van der Waals surface area contributed by atoms with Crippen molar-refractivity contribution < 1.29 is 13.2 Å². The quantitative estimate of drug-likeness (QED) is 0.727. The fourth-order valence-electron chi connectivity index (χ4n) is 1.03. The largest absolute Gasteiger partial charge is 0.416 e. The van der Waals surface area contributed by atoms with Crippen molar-refractivity contribution in [1.82, 2.24) is 0 Å². The number of nitrogens with zero attached hydrogens (tertiary/aromatic N) is 1. The molecule has 0 aliphatic carbocycles. The Labute approximate surface area is 84.4 Å². The van der Waals surface area contributed by atoms with Crippen LogP contribution in [0.25, 0.3) is 5.70 Å². The number of hydrogen-bond acceptors (Lipinski definition) is 2. The normalized spacial score (nSPS) is 12.3. The van der Waals surface area contributed by atoms with Gasteiger partial charge in [0.15, 0.2) is 0 Å². The summed E-state index contributed by atoms with van der Waals surface area (Å²) in [6, 6.07) is 6.17. The molecule has 5 heteroatoms. The smallest absolute Gasteiger partial charge is 0.398 e. The first-order valence-electron chi connectivity index (χ1n) is 3.98. The summed E-state index contributed by atoms with van der Waals surface area (Å²) in [5, 5.41) is 8.30. The Bertz CT molecular complexity index is 427. The molecule has 78 valence electrons. The molecule has 1 aromatic carbocycles. The Morgan fingerprint density at radius 3 is 2.60 bits per heavy atom. The molecule has 0 fully saturated rings. The third kappa shape index (κ3) is 2.74. The van der Waals surface area contributed by atoms with Gasteiger partial charge in [0, 0.05) is 11.8 Å². The van der Waals surface area contributed by atoms with Crippen molar-refractivity contribution in [2.24, 2.45) is 5.73 Å². The molecule has 0 spiro atoms. The summed E-state index contributed by atoms with van der Waals surface area (Å²) in [5.41, 5.74) is 4.81. The predicted octanol–water partition coefficient (Wildman–Crippen LogP) is 2.53. The summed E-state index contributed by atoms with van der Waals surface area (Å²) in [4.78, 5) is 0. The number of nitrogens with two attached hydrogens (primary N) is 1. The van der Waals surface area contributed by atoms with E-state index in [9.17, 15) is 13.2 Å². The van der Waals surface area contributed by atoms with Crippen LogP contribution in [-0.4, -0.2) is 0 Å². The van der Waals surface area contributed by atoms with Crippen LogP contribution < -0.4 is 5.73 Å². The summed E-state index contributed by atoms with van der Waals surface area (Å²) in [5.74, 6) is 0. The maximum Gasteiger partial charge on any atom is 0.416 e. The van der Waals surface area contributed by atoms with E-state index in [1.165, 1.54) is 12.1 Å². The number of rotatable bonds is 1. The van der Waals surface area contributed by atoms with Crippen LogP contribution in [-0.2, 0) is 6.18 Å². The molecule has 0 saturated heterocycles. The Morgan fingerprint density at radius 1 is 1.40 bits per heavy atom. The van der Waals surface area contributed by atoms with Crippen molar-refractivity contribution in [3.8, 4) is 6.07 Å². The highest BCUT2D eigenvalue weighted by molar-refractivity contribution is 5.65. The van der Waals surface area contributed by atoms with Crippen molar-refractivity contribution >= 4 is 5.70 Å². The Morgan fingerprint density at radius 2 is 2.07 bits per heavy atom.